The lowest BCUT2D eigenvalue weighted by Crippen LogP contribution is -2.77. The topological polar surface area (TPSA) is 83.2 Å². The molecule has 0 amide bonds. The number of nitrogens with two attached hydrogens (primary N) is 1. The number of rotatable bonds is 1. The summed E-state index contributed by atoms with van der Waals surface area (Å²) in [6.07, 6.45) is -2.07. The molecule has 6 heteroatoms. The van der Waals surface area contributed by atoms with Crippen LogP contribution in [0.2, 0.25) is 0 Å². The predicted molar refractivity (Wildman–Crippen MR) is 43.2 cm³/mol. The fourth-order valence-electron chi connectivity index (χ4n) is 2.45. The van der Waals surface area contributed by atoms with Gasteiger partial charge >= 0.3 is 0 Å². The molecule has 0 aromatic heterocycles. The van der Waals surface area contributed by atoms with Crippen LogP contribution in [0.4, 0.5) is 0 Å². The summed E-state index contributed by atoms with van der Waals surface area (Å²) in [5.74, 6) is 0. The first-order valence-electron chi connectivity index (χ1n) is 4.65. The van der Waals surface area contributed by atoms with E-state index in [-0.39, 0.29) is 24.4 Å². The van der Waals surface area contributed by atoms with Gasteiger partial charge < -0.3 is 29.8 Å². The molecule has 1 aliphatic carbocycles. The van der Waals surface area contributed by atoms with E-state index in [9.17, 15) is 5.11 Å². The number of aliphatic hydroxyl groups excluding tert-OH is 1. The second-order valence-electron chi connectivity index (χ2n) is 3.86. The van der Waals surface area contributed by atoms with Crippen LogP contribution in [0.3, 0.4) is 0 Å². The highest BCUT2D eigenvalue weighted by Crippen LogP contribution is 2.39. The third-order valence-electron chi connectivity index (χ3n) is 3.16. The van der Waals surface area contributed by atoms with Crippen molar-refractivity contribution < 1.29 is 24.1 Å². The number of hydrogen-bond acceptors (Lipinski definition) is 6. The van der Waals surface area contributed by atoms with E-state index in [1.165, 1.54) is 0 Å². The quantitative estimate of drug-likeness (QED) is 0.521. The standard InChI is InChI=1S/C8H13NO5/c1-11-7-5-2(9)4-3(10)6(7)14-8(12-4)13-5/h2-8,10H,9H2,1H3. The van der Waals surface area contributed by atoms with Gasteiger partial charge in [0.05, 0.1) is 6.04 Å². The molecule has 7 unspecified atom stereocenters. The van der Waals surface area contributed by atoms with Crippen molar-refractivity contribution in [1.29, 1.82) is 0 Å². The molecule has 0 spiro atoms. The molecule has 80 valence electrons. The Hall–Kier alpha value is -0.240. The number of methoxy groups -OCH3 is 1. The van der Waals surface area contributed by atoms with Crippen molar-refractivity contribution >= 4 is 0 Å². The third kappa shape index (κ3) is 0.955. The molecule has 14 heavy (non-hydrogen) atoms. The van der Waals surface area contributed by atoms with Crippen LogP contribution < -0.4 is 5.73 Å². The van der Waals surface area contributed by atoms with Gasteiger partial charge in [0.15, 0.2) is 0 Å². The molecule has 3 saturated heterocycles. The molecule has 0 aromatic carbocycles. The van der Waals surface area contributed by atoms with Crippen molar-refractivity contribution in [2.45, 2.75) is 43.0 Å². The van der Waals surface area contributed by atoms with Crippen molar-refractivity contribution in [3.05, 3.63) is 0 Å². The van der Waals surface area contributed by atoms with Gasteiger partial charge in [0.2, 0.25) is 0 Å². The Balaban J connectivity index is 1.94. The Bertz CT molecular complexity index is 230. The minimum atomic E-state index is -0.730. The van der Waals surface area contributed by atoms with Crippen LogP contribution in [0.1, 0.15) is 0 Å². The SMILES string of the molecule is COC1C2OC3OC(C2N)C(O)C1O3. The molecule has 6 nitrogen and oxygen atoms in total. The second kappa shape index (κ2) is 2.88. The second-order valence-corrected chi connectivity index (χ2v) is 3.86. The van der Waals surface area contributed by atoms with Crippen LogP contribution in [0.25, 0.3) is 0 Å². The summed E-state index contributed by atoms with van der Waals surface area (Å²) in [6, 6.07) is -0.355. The number of ether oxygens (including phenoxy) is 4. The highest BCUT2D eigenvalue weighted by Gasteiger charge is 2.60. The molecule has 0 radical (unpaired) electrons. The molecule has 3 aliphatic heterocycles. The molecule has 4 aliphatic rings. The third-order valence-corrected chi connectivity index (χ3v) is 3.16. The van der Waals surface area contributed by atoms with Crippen LogP contribution in [-0.2, 0) is 18.9 Å². The number of hydrogen-bond donors (Lipinski definition) is 2. The Morgan fingerprint density at radius 1 is 1.14 bits per heavy atom. The Morgan fingerprint density at radius 2 is 1.79 bits per heavy atom. The maximum atomic E-state index is 9.83. The molecule has 4 fully saturated rings. The van der Waals surface area contributed by atoms with E-state index in [0.29, 0.717) is 0 Å². The van der Waals surface area contributed by atoms with E-state index in [0.717, 1.165) is 0 Å². The van der Waals surface area contributed by atoms with Gasteiger partial charge in [-0.05, 0) is 0 Å². The minimum absolute atomic E-state index is 0.245. The van der Waals surface area contributed by atoms with Crippen LogP contribution in [0, 0.1) is 0 Å². The molecule has 4 bridgehead atoms. The molecular formula is C8H13NO5. The van der Waals surface area contributed by atoms with Crippen LogP contribution in [0.15, 0.2) is 0 Å². The van der Waals surface area contributed by atoms with Crippen molar-refractivity contribution in [1.82, 2.24) is 0 Å². The maximum Gasteiger partial charge on any atom is 0.272 e. The highest BCUT2D eigenvalue weighted by molar-refractivity contribution is 5.07. The lowest BCUT2D eigenvalue weighted by atomic mass is 9.81. The Kier molecular flexibility index (Phi) is 1.85. The highest BCUT2D eigenvalue weighted by atomic mass is 16.9. The zero-order valence-electron chi connectivity index (χ0n) is 7.70. The van der Waals surface area contributed by atoms with Crippen LogP contribution in [-0.4, -0.2) is 55.3 Å². The van der Waals surface area contributed by atoms with Gasteiger partial charge in [-0.15, -0.1) is 0 Å². The summed E-state index contributed by atoms with van der Waals surface area (Å²) >= 11 is 0. The van der Waals surface area contributed by atoms with Crippen LogP contribution >= 0.6 is 0 Å². The van der Waals surface area contributed by atoms with E-state index in [1.54, 1.807) is 7.11 Å². The van der Waals surface area contributed by atoms with Crippen molar-refractivity contribution in [2.75, 3.05) is 7.11 Å². The zero-order valence-corrected chi connectivity index (χ0v) is 7.70. The molecule has 3 N–H and O–H groups in total. The van der Waals surface area contributed by atoms with Gasteiger partial charge in [0.25, 0.3) is 6.48 Å². The summed E-state index contributed by atoms with van der Waals surface area (Å²) in [5.41, 5.74) is 5.88. The summed E-state index contributed by atoms with van der Waals surface area (Å²) in [7, 11) is 1.56. The largest absolute Gasteiger partial charge is 0.388 e. The van der Waals surface area contributed by atoms with Crippen molar-refractivity contribution in [2.24, 2.45) is 5.73 Å². The molecular weight excluding hydrogens is 190 g/mol. The first-order chi connectivity index (χ1) is 6.72. The van der Waals surface area contributed by atoms with Gasteiger partial charge in [-0.1, -0.05) is 0 Å². The van der Waals surface area contributed by atoms with Crippen molar-refractivity contribution in [3.63, 3.8) is 0 Å². The van der Waals surface area contributed by atoms with E-state index >= 15 is 0 Å². The summed E-state index contributed by atoms with van der Waals surface area (Å²) in [5, 5.41) is 9.83. The summed E-state index contributed by atoms with van der Waals surface area (Å²) in [6.45, 7) is -0.690. The molecule has 7 atom stereocenters. The fourth-order valence-corrected chi connectivity index (χ4v) is 2.45. The van der Waals surface area contributed by atoms with Crippen molar-refractivity contribution in [3.8, 4) is 0 Å². The van der Waals surface area contributed by atoms with Gasteiger partial charge in [-0.3, -0.25) is 0 Å². The average Bonchev–Trinajstić information content (AvgIpc) is 2.20. The average molecular weight is 203 g/mol. The molecule has 0 aromatic rings. The van der Waals surface area contributed by atoms with Crippen LogP contribution in [0.5, 0.6) is 0 Å². The Labute approximate surface area is 80.9 Å². The zero-order chi connectivity index (χ0) is 9.87. The summed E-state index contributed by atoms with van der Waals surface area (Å²) < 4.78 is 21.2. The molecule has 3 heterocycles. The van der Waals surface area contributed by atoms with Gasteiger partial charge in [0, 0.05) is 7.11 Å². The predicted octanol–water partition coefficient (Wildman–Crippen LogP) is -1.83. The normalized spacial score (nSPS) is 60.6. The molecule has 4 rings (SSSR count). The van der Waals surface area contributed by atoms with Gasteiger partial charge in [0.1, 0.15) is 30.5 Å². The van der Waals surface area contributed by atoms with Gasteiger partial charge in [-0.25, -0.2) is 0 Å². The van der Waals surface area contributed by atoms with E-state index in [2.05, 4.69) is 0 Å². The fraction of sp³-hybridized carbons (Fsp3) is 1.00. The summed E-state index contributed by atoms with van der Waals surface area (Å²) in [4.78, 5) is 0. The number of aliphatic hydroxyl groups is 1. The maximum absolute atomic E-state index is 9.83. The Morgan fingerprint density at radius 3 is 2.50 bits per heavy atom. The first-order valence-corrected chi connectivity index (χ1v) is 4.65. The first kappa shape index (κ1) is 9.02. The lowest BCUT2D eigenvalue weighted by molar-refractivity contribution is -0.468. The minimum Gasteiger partial charge on any atom is -0.388 e. The monoisotopic (exact) mass is 203 g/mol. The van der Waals surface area contributed by atoms with Gasteiger partial charge in [-0.2, -0.15) is 0 Å². The lowest BCUT2D eigenvalue weighted by Gasteiger charge is -2.57. The van der Waals surface area contributed by atoms with E-state index in [4.69, 9.17) is 24.7 Å². The van der Waals surface area contributed by atoms with E-state index < -0.39 is 18.7 Å². The smallest absolute Gasteiger partial charge is 0.272 e. The van der Waals surface area contributed by atoms with E-state index in [1.807, 2.05) is 0 Å². The molecule has 1 saturated carbocycles.